The molecule has 0 saturated carbocycles. The maximum absolute atomic E-state index is 12.6. The van der Waals surface area contributed by atoms with Crippen molar-refractivity contribution in [2.24, 2.45) is 0 Å². The van der Waals surface area contributed by atoms with Gasteiger partial charge in [-0.1, -0.05) is 29.3 Å². The van der Waals surface area contributed by atoms with E-state index in [2.05, 4.69) is 15.1 Å². The summed E-state index contributed by atoms with van der Waals surface area (Å²) in [5.41, 5.74) is 1.04. The highest BCUT2D eigenvalue weighted by atomic mass is 35.5. The molecule has 1 unspecified atom stereocenters. The average molecular weight is 475 g/mol. The molecule has 0 saturated heterocycles. The molecule has 0 fully saturated rings. The highest BCUT2D eigenvalue weighted by Gasteiger charge is 2.20. The molecule has 1 atom stereocenters. The third kappa shape index (κ3) is 6.97. The van der Waals surface area contributed by atoms with Crippen LogP contribution in [-0.2, 0) is 14.3 Å². The number of aryl methyl sites for hydroxylation is 1. The number of benzene rings is 1. The number of amides is 1. The summed E-state index contributed by atoms with van der Waals surface area (Å²) in [5, 5.41) is 6.58. The van der Waals surface area contributed by atoms with E-state index in [4.69, 9.17) is 32.7 Å². The smallest absolute Gasteiger partial charge is 0.287 e. The van der Waals surface area contributed by atoms with Gasteiger partial charge in [0.2, 0.25) is 5.91 Å². The van der Waals surface area contributed by atoms with Gasteiger partial charge in [-0.05, 0) is 43.5 Å². The standard InChI is InChI=1S/C19H24Cl2N4O4S/c1-12-4-5-14(10-16(12)30-23-6-7-29-9-8-28-3)24-18(26)13(2)25-19(27)17(21)15(20)11-22-25/h4-5,10-11,13,23H,6-9H2,1-3H3,(H,24,26). The second-order valence-electron chi connectivity index (χ2n) is 6.30. The Morgan fingerprint density at radius 2 is 2.07 bits per heavy atom. The van der Waals surface area contributed by atoms with Gasteiger partial charge < -0.3 is 14.8 Å². The van der Waals surface area contributed by atoms with E-state index in [0.29, 0.717) is 32.1 Å². The van der Waals surface area contributed by atoms with Crippen molar-refractivity contribution in [1.29, 1.82) is 0 Å². The lowest BCUT2D eigenvalue weighted by Gasteiger charge is -2.15. The summed E-state index contributed by atoms with van der Waals surface area (Å²) in [6, 6.07) is 4.69. The summed E-state index contributed by atoms with van der Waals surface area (Å²) in [6.45, 7) is 5.88. The Kier molecular flexibility index (Phi) is 10.1. The van der Waals surface area contributed by atoms with Crippen LogP contribution in [0.1, 0.15) is 18.5 Å². The van der Waals surface area contributed by atoms with E-state index in [1.807, 2.05) is 19.1 Å². The predicted octanol–water partition coefficient (Wildman–Crippen LogP) is 3.32. The minimum atomic E-state index is -0.868. The van der Waals surface area contributed by atoms with E-state index in [-0.39, 0.29) is 10.0 Å². The van der Waals surface area contributed by atoms with Gasteiger partial charge in [0, 0.05) is 24.2 Å². The lowest BCUT2D eigenvalue weighted by Crippen LogP contribution is -2.33. The molecule has 1 aromatic carbocycles. The molecule has 0 bridgehead atoms. The lowest BCUT2D eigenvalue weighted by molar-refractivity contribution is -0.119. The molecule has 0 radical (unpaired) electrons. The van der Waals surface area contributed by atoms with Crippen molar-refractivity contribution in [3.05, 3.63) is 50.4 Å². The first-order valence-electron chi connectivity index (χ1n) is 9.16. The van der Waals surface area contributed by atoms with Crippen LogP contribution in [-0.4, -0.2) is 49.2 Å². The quantitative estimate of drug-likeness (QED) is 0.380. The fourth-order valence-electron chi connectivity index (χ4n) is 2.33. The van der Waals surface area contributed by atoms with E-state index in [0.717, 1.165) is 15.1 Å². The second kappa shape index (κ2) is 12.3. The molecule has 1 amide bonds. The van der Waals surface area contributed by atoms with E-state index < -0.39 is 17.5 Å². The van der Waals surface area contributed by atoms with Gasteiger partial charge in [0.25, 0.3) is 5.56 Å². The third-order valence-electron chi connectivity index (χ3n) is 4.07. The minimum absolute atomic E-state index is 0.0438. The number of anilines is 1. The second-order valence-corrected chi connectivity index (χ2v) is 8.02. The van der Waals surface area contributed by atoms with E-state index in [1.54, 1.807) is 20.1 Å². The van der Waals surface area contributed by atoms with Crippen LogP contribution in [0.25, 0.3) is 0 Å². The maximum atomic E-state index is 12.6. The van der Waals surface area contributed by atoms with Crippen LogP contribution in [0.4, 0.5) is 5.69 Å². The number of methoxy groups -OCH3 is 1. The fraction of sp³-hybridized carbons (Fsp3) is 0.421. The first-order chi connectivity index (χ1) is 14.3. The van der Waals surface area contributed by atoms with Gasteiger partial charge in [-0.25, -0.2) is 4.68 Å². The monoisotopic (exact) mass is 474 g/mol. The molecule has 0 aliphatic carbocycles. The molecule has 30 heavy (non-hydrogen) atoms. The van der Waals surface area contributed by atoms with Crippen LogP contribution in [0.15, 0.2) is 34.1 Å². The zero-order chi connectivity index (χ0) is 22.1. The Hall–Kier alpha value is -1.62. The number of ether oxygens (including phenoxy) is 2. The molecule has 2 rings (SSSR count). The zero-order valence-corrected chi connectivity index (χ0v) is 19.2. The van der Waals surface area contributed by atoms with E-state index >= 15 is 0 Å². The summed E-state index contributed by atoms with van der Waals surface area (Å²) in [6.07, 6.45) is 1.24. The maximum Gasteiger partial charge on any atom is 0.287 e. The number of hydrogen-bond donors (Lipinski definition) is 2. The molecule has 0 aliphatic heterocycles. The molecule has 8 nitrogen and oxygen atoms in total. The van der Waals surface area contributed by atoms with Gasteiger partial charge >= 0.3 is 0 Å². The van der Waals surface area contributed by atoms with Crippen LogP contribution in [0.2, 0.25) is 10.0 Å². The Bertz CT molecular complexity index is 926. The Morgan fingerprint density at radius 3 is 2.80 bits per heavy atom. The normalized spacial score (nSPS) is 12.0. The number of halogens is 2. The molecule has 0 spiro atoms. The van der Waals surface area contributed by atoms with Crippen molar-refractivity contribution in [3.8, 4) is 0 Å². The fourth-order valence-corrected chi connectivity index (χ4v) is 3.35. The van der Waals surface area contributed by atoms with Gasteiger partial charge in [0.15, 0.2) is 0 Å². The van der Waals surface area contributed by atoms with Crippen molar-refractivity contribution >= 4 is 46.7 Å². The number of carbonyl (C=O) groups excluding carboxylic acids is 1. The number of carbonyl (C=O) groups is 1. The summed E-state index contributed by atoms with van der Waals surface area (Å²) in [5.74, 6) is -0.401. The number of nitrogens with zero attached hydrogens (tertiary/aromatic N) is 2. The largest absolute Gasteiger partial charge is 0.382 e. The SMILES string of the molecule is COCCOCCNSc1cc(NC(=O)C(C)n2ncc(Cl)c(Cl)c2=O)ccc1C. The highest BCUT2D eigenvalue weighted by molar-refractivity contribution is 7.97. The molecule has 0 aliphatic rings. The summed E-state index contributed by atoms with van der Waals surface area (Å²) < 4.78 is 14.5. The van der Waals surface area contributed by atoms with Gasteiger partial charge in [0.1, 0.15) is 11.1 Å². The predicted molar refractivity (Wildman–Crippen MR) is 120 cm³/mol. The van der Waals surface area contributed by atoms with Crippen LogP contribution in [0.3, 0.4) is 0 Å². The van der Waals surface area contributed by atoms with E-state index in [9.17, 15) is 9.59 Å². The van der Waals surface area contributed by atoms with E-state index in [1.165, 1.54) is 18.1 Å². The van der Waals surface area contributed by atoms with Crippen molar-refractivity contribution < 1.29 is 14.3 Å². The number of hydrogen-bond acceptors (Lipinski definition) is 7. The molecule has 2 N–H and O–H groups in total. The van der Waals surface area contributed by atoms with Crippen molar-refractivity contribution in [1.82, 2.24) is 14.5 Å². The summed E-state index contributed by atoms with van der Waals surface area (Å²) in [4.78, 5) is 25.8. The van der Waals surface area contributed by atoms with Crippen molar-refractivity contribution in [2.45, 2.75) is 24.8 Å². The van der Waals surface area contributed by atoms with Gasteiger partial charge in [-0.3, -0.25) is 14.3 Å². The van der Waals surface area contributed by atoms with Crippen LogP contribution < -0.4 is 15.6 Å². The first kappa shape index (κ1) is 24.6. The molecule has 1 aromatic heterocycles. The Labute approximate surface area is 189 Å². The van der Waals surface area contributed by atoms with Gasteiger partial charge in [-0.2, -0.15) is 5.10 Å². The Morgan fingerprint density at radius 1 is 1.30 bits per heavy atom. The topological polar surface area (TPSA) is 94.5 Å². The Balaban J connectivity index is 1.96. The van der Waals surface area contributed by atoms with Crippen molar-refractivity contribution in [3.63, 3.8) is 0 Å². The minimum Gasteiger partial charge on any atom is -0.382 e. The molecular formula is C19H24Cl2N4O4S. The lowest BCUT2D eigenvalue weighted by atomic mass is 10.2. The highest BCUT2D eigenvalue weighted by Crippen LogP contribution is 2.24. The molecule has 2 aromatic rings. The summed E-state index contributed by atoms with van der Waals surface area (Å²) in [7, 11) is 1.63. The van der Waals surface area contributed by atoms with Gasteiger partial charge in [-0.15, -0.1) is 0 Å². The van der Waals surface area contributed by atoms with Gasteiger partial charge in [0.05, 0.1) is 31.0 Å². The molecule has 1 heterocycles. The number of rotatable bonds is 11. The van der Waals surface area contributed by atoms with Crippen LogP contribution in [0, 0.1) is 6.92 Å². The van der Waals surface area contributed by atoms with Crippen molar-refractivity contribution in [2.75, 3.05) is 38.8 Å². The number of nitrogens with one attached hydrogen (secondary N) is 2. The average Bonchev–Trinajstić information content (AvgIpc) is 2.73. The molecule has 164 valence electrons. The third-order valence-corrected chi connectivity index (χ3v) is 5.82. The molecule has 11 heteroatoms. The molecular weight excluding hydrogens is 451 g/mol. The first-order valence-corrected chi connectivity index (χ1v) is 10.7. The number of aromatic nitrogens is 2. The zero-order valence-electron chi connectivity index (χ0n) is 16.9. The van der Waals surface area contributed by atoms with Crippen LogP contribution >= 0.6 is 35.1 Å². The van der Waals surface area contributed by atoms with Crippen LogP contribution in [0.5, 0.6) is 0 Å². The summed E-state index contributed by atoms with van der Waals surface area (Å²) >= 11 is 13.1.